The highest BCUT2D eigenvalue weighted by Crippen LogP contribution is 2.30. The second-order valence-electron chi connectivity index (χ2n) is 7.92. The van der Waals surface area contributed by atoms with Crippen LogP contribution >= 0.6 is 0 Å². The molecule has 0 bridgehead atoms. The monoisotopic (exact) mass is 506 g/mol. The molecular weight excluding hydrogens is 480 g/mol. The first-order valence-corrected chi connectivity index (χ1v) is 11.5. The summed E-state index contributed by atoms with van der Waals surface area (Å²) in [6, 6.07) is 14.8. The van der Waals surface area contributed by atoms with E-state index in [2.05, 4.69) is 5.32 Å². The Bertz CT molecular complexity index is 1280. The standard InChI is InChI=1S/C27H26N2O8/c1-33-19-7-9-20(10-8-19)35-13-4-14-37-23-11-6-18(16-24(23)34-2)15-22-25(30)28-27(32)29(26(22)31)17-21-5-3-12-36-21/h3,5-12,15-16H,4,13-14,17H2,1-2H3,(H,28,30,32). The SMILES string of the molecule is COc1ccc(OCCCOc2ccc(C=C3C(=O)NC(=O)N(Cc4ccco4)C3=O)cc2OC)cc1. The maximum atomic E-state index is 12.9. The summed E-state index contributed by atoms with van der Waals surface area (Å²) in [6.45, 7) is 0.752. The second kappa shape index (κ2) is 11.8. The predicted octanol–water partition coefficient (Wildman–Crippen LogP) is 3.81. The van der Waals surface area contributed by atoms with Gasteiger partial charge in [0.15, 0.2) is 11.5 Å². The van der Waals surface area contributed by atoms with Crippen molar-refractivity contribution in [3.05, 3.63) is 77.8 Å². The fourth-order valence-corrected chi connectivity index (χ4v) is 3.56. The lowest BCUT2D eigenvalue weighted by molar-refractivity contribution is -0.130. The Labute approximate surface area is 213 Å². The molecule has 4 rings (SSSR count). The summed E-state index contributed by atoms with van der Waals surface area (Å²) in [5, 5.41) is 2.18. The summed E-state index contributed by atoms with van der Waals surface area (Å²) in [5.74, 6) is 1.34. The number of nitrogens with zero attached hydrogens (tertiary/aromatic N) is 1. The molecule has 4 amide bonds. The zero-order chi connectivity index (χ0) is 26.2. The smallest absolute Gasteiger partial charge is 0.331 e. The van der Waals surface area contributed by atoms with Gasteiger partial charge in [0, 0.05) is 6.42 Å². The molecule has 0 radical (unpaired) electrons. The molecule has 0 atom stereocenters. The first-order chi connectivity index (χ1) is 18.0. The molecule has 192 valence electrons. The maximum absolute atomic E-state index is 12.9. The molecule has 0 aliphatic carbocycles. The highest BCUT2D eigenvalue weighted by atomic mass is 16.5. The van der Waals surface area contributed by atoms with Crippen molar-refractivity contribution in [3.63, 3.8) is 0 Å². The summed E-state index contributed by atoms with van der Waals surface area (Å²) in [6.07, 6.45) is 3.47. The van der Waals surface area contributed by atoms with Gasteiger partial charge in [0.05, 0.1) is 40.2 Å². The quantitative estimate of drug-likeness (QED) is 0.237. The Kier molecular flexibility index (Phi) is 8.09. The normalized spacial score (nSPS) is 14.5. The number of ether oxygens (including phenoxy) is 4. The Morgan fingerprint density at radius 2 is 1.65 bits per heavy atom. The van der Waals surface area contributed by atoms with Gasteiger partial charge in [-0.2, -0.15) is 0 Å². The van der Waals surface area contributed by atoms with E-state index in [0.717, 1.165) is 16.4 Å². The topological polar surface area (TPSA) is 117 Å². The highest BCUT2D eigenvalue weighted by Gasteiger charge is 2.36. The number of imide groups is 2. The number of nitrogens with one attached hydrogen (secondary N) is 1. The van der Waals surface area contributed by atoms with E-state index in [-0.39, 0.29) is 12.1 Å². The minimum absolute atomic E-state index is 0.0967. The van der Waals surface area contributed by atoms with Crippen molar-refractivity contribution in [1.29, 1.82) is 0 Å². The highest BCUT2D eigenvalue weighted by molar-refractivity contribution is 6.30. The van der Waals surface area contributed by atoms with Crippen molar-refractivity contribution in [3.8, 4) is 23.0 Å². The summed E-state index contributed by atoms with van der Waals surface area (Å²) in [5.41, 5.74) is 0.343. The predicted molar refractivity (Wildman–Crippen MR) is 132 cm³/mol. The van der Waals surface area contributed by atoms with Crippen LogP contribution in [0.3, 0.4) is 0 Å². The van der Waals surface area contributed by atoms with Gasteiger partial charge in [-0.1, -0.05) is 6.07 Å². The van der Waals surface area contributed by atoms with E-state index in [9.17, 15) is 14.4 Å². The minimum atomic E-state index is -0.805. The van der Waals surface area contributed by atoms with Gasteiger partial charge in [-0.15, -0.1) is 0 Å². The number of carbonyl (C=O) groups is 3. The fourth-order valence-electron chi connectivity index (χ4n) is 3.56. The Morgan fingerprint density at radius 1 is 0.892 bits per heavy atom. The Hall–Kier alpha value is -4.73. The molecule has 3 aromatic rings. The van der Waals surface area contributed by atoms with E-state index in [0.29, 0.717) is 42.5 Å². The van der Waals surface area contributed by atoms with Gasteiger partial charge in [-0.3, -0.25) is 19.8 Å². The lowest BCUT2D eigenvalue weighted by atomic mass is 10.1. The van der Waals surface area contributed by atoms with Crippen LogP contribution in [0.25, 0.3) is 6.08 Å². The van der Waals surface area contributed by atoms with Crippen LogP contribution in [-0.2, 0) is 16.1 Å². The van der Waals surface area contributed by atoms with E-state index in [1.54, 1.807) is 37.4 Å². The molecule has 1 aliphatic rings. The number of hydrogen-bond donors (Lipinski definition) is 1. The minimum Gasteiger partial charge on any atom is -0.497 e. The molecule has 1 saturated heterocycles. The number of furan rings is 1. The number of benzene rings is 2. The zero-order valence-corrected chi connectivity index (χ0v) is 20.4. The lowest BCUT2D eigenvalue weighted by Gasteiger charge is -2.25. The molecular formula is C27H26N2O8. The van der Waals surface area contributed by atoms with Crippen LogP contribution in [0.1, 0.15) is 17.7 Å². The molecule has 0 unspecified atom stereocenters. The van der Waals surface area contributed by atoms with Crippen LogP contribution in [0.5, 0.6) is 23.0 Å². The lowest BCUT2D eigenvalue weighted by Crippen LogP contribution is -2.53. The molecule has 10 heteroatoms. The van der Waals surface area contributed by atoms with E-state index in [4.69, 9.17) is 23.4 Å². The van der Waals surface area contributed by atoms with Crippen LogP contribution in [0.2, 0.25) is 0 Å². The average molecular weight is 507 g/mol. The number of carbonyl (C=O) groups excluding carboxylic acids is 3. The van der Waals surface area contributed by atoms with Crippen molar-refractivity contribution in [2.24, 2.45) is 0 Å². The van der Waals surface area contributed by atoms with Crippen molar-refractivity contribution in [1.82, 2.24) is 10.2 Å². The molecule has 2 aromatic carbocycles. The van der Waals surface area contributed by atoms with Crippen LogP contribution in [0.4, 0.5) is 4.79 Å². The van der Waals surface area contributed by atoms with Crippen LogP contribution in [0.15, 0.2) is 70.9 Å². The summed E-state index contributed by atoms with van der Waals surface area (Å²) >= 11 is 0. The molecule has 2 heterocycles. The zero-order valence-electron chi connectivity index (χ0n) is 20.4. The van der Waals surface area contributed by atoms with Gasteiger partial charge >= 0.3 is 6.03 Å². The van der Waals surface area contributed by atoms with Gasteiger partial charge in [0.25, 0.3) is 11.8 Å². The molecule has 10 nitrogen and oxygen atoms in total. The number of rotatable bonds is 11. The maximum Gasteiger partial charge on any atom is 0.331 e. The number of urea groups is 1. The Balaban J connectivity index is 1.37. The Morgan fingerprint density at radius 3 is 2.35 bits per heavy atom. The number of barbiturate groups is 1. The third kappa shape index (κ3) is 6.29. The molecule has 0 spiro atoms. The molecule has 1 aliphatic heterocycles. The van der Waals surface area contributed by atoms with Gasteiger partial charge in [0.1, 0.15) is 22.8 Å². The van der Waals surface area contributed by atoms with E-state index in [1.807, 2.05) is 24.3 Å². The van der Waals surface area contributed by atoms with Crippen LogP contribution in [0, 0.1) is 0 Å². The van der Waals surface area contributed by atoms with Crippen LogP contribution < -0.4 is 24.3 Å². The summed E-state index contributed by atoms with van der Waals surface area (Å²) in [7, 11) is 3.10. The molecule has 37 heavy (non-hydrogen) atoms. The van der Waals surface area contributed by atoms with Gasteiger partial charge in [-0.25, -0.2) is 4.79 Å². The first-order valence-electron chi connectivity index (χ1n) is 11.5. The van der Waals surface area contributed by atoms with Gasteiger partial charge in [-0.05, 0) is 60.2 Å². The molecule has 1 fully saturated rings. The van der Waals surface area contributed by atoms with E-state index in [1.165, 1.54) is 19.4 Å². The summed E-state index contributed by atoms with van der Waals surface area (Å²) in [4.78, 5) is 38.4. The van der Waals surface area contributed by atoms with Gasteiger partial charge < -0.3 is 23.4 Å². The fraction of sp³-hybridized carbons (Fsp3) is 0.222. The second-order valence-corrected chi connectivity index (χ2v) is 7.92. The van der Waals surface area contributed by atoms with E-state index >= 15 is 0 Å². The van der Waals surface area contributed by atoms with Crippen molar-refractivity contribution < 1.29 is 37.7 Å². The van der Waals surface area contributed by atoms with E-state index < -0.39 is 17.8 Å². The average Bonchev–Trinajstić information content (AvgIpc) is 3.43. The molecule has 1 aromatic heterocycles. The number of hydrogen-bond acceptors (Lipinski definition) is 8. The molecule has 1 N–H and O–H groups in total. The first kappa shape index (κ1) is 25.4. The largest absolute Gasteiger partial charge is 0.497 e. The number of amides is 4. The van der Waals surface area contributed by atoms with Gasteiger partial charge in [0.2, 0.25) is 0 Å². The third-order valence-electron chi connectivity index (χ3n) is 5.45. The molecule has 0 saturated carbocycles. The number of methoxy groups -OCH3 is 2. The van der Waals surface area contributed by atoms with Crippen LogP contribution in [-0.4, -0.2) is 50.2 Å². The third-order valence-corrected chi connectivity index (χ3v) is 5.45. The summed E-state index contributed by atoms with van der Waals surface area (Å²) < 4.78 is 27.3. The van der Waals surface area contributed by atoms with Crippen molar-refractivity contribution >= 4 is 23.9 Å². The van der Waals surface area contributed by atoms with Crippen molar-refractivity contribution in [2.75, 3.05) is 27.4 Å². The van der Waals surface area contributed by atoms with Crippen molar-refractivity contribution in [2.45, 2.75) is 13.0 Å².